The highest BCUT2D eigenvalue weighted by molar-refractivity contribution is 6.29. The summed E-state index contributed by atoms with van der Waals surface area (Å²) in [4.78, 5) is 25.5. The summed E-state index contributed by atoms with van der Waals surface area (Å²) >= 11 is 6.16. The maximum absolute atomic E-state index is 12.0. The quantitative estimate of drug-likeness (QED) is 0.795. The van der Waals surface area contributed by atoms with Crippen LogP contribution in [-0.4, -0.2) is 59.5 Å². The highest BCUT2D eigenvalue weighted by atomic mass is 35.5. The number of piperazine rings is 1. The lowest BCUT2D eigenvalue weighted by Gasteiger charge is -2.35. The molecule has 24 heavy (non-hydrogen) atoms. The van der Waals surface area contributed by atoms with Crippen molar-refractivity contribution in [1.29, 1.82) is 0 Å². The molecule has 1 aromatic heterocycles. The van der Waals surface area contributed by atoms with Crippen LogP contribution in [0.2, 0.25) is 5.15 Å². The fraction of sp³-hybridized carbons (Fsp3) is 0.706. The Morgan fingerprint density at radius 2 is 2.04 bits per heavy atom. The lowest BCUT2D eigenvalue weighted by atomic mass is 10.2. The number of rotatable bonds is 6. The highest BCUT2D eigenvalue weighted by Gasteiger charge is 2.28. The zero-order chi connectivity index (χ0) is 17.1. The van der Waals surface area contributed by atoms with Gasteiger partial charge in [0.05, 0.1) is 6.54 Å². The molecule has 1 aromatic rings. The molecule has 0 bridgehead atoms. The van der Waals surface area contributed by atoms with Crippen molar-refractivity contribution in [2.75, 3.05) is 37.6 Å². The summed E-state index contributed by atoms with van der Waals surface area (Å²) in [5.41, 5.74) is 0. The summed E-state index contributed by atoms with van der Waals surface area (Å²) in [5.74, 6) is 2.40. The van der Waals surface area contributed by atoms with E-state index in [0.29, 0.717) is 17.6 Å². The molecule has 7 heteroatoms. The van der Waals surface area contributed by atoms with E-state index in [-0.39, 0.29) is 11.9 Å². The highest BCUT2D eigenvalue weighted by Crippen LogP contribution is 2.39. The van der Waals surface area contributed by atoms with Gasteiger partial charge >= 0.3 is 0 Å². The largest absolute Gasteiger partial charge is 0.354 e. The molecule has 1 unspecified atom stereocenters. The Balaban J connectivity index is 1.52. The Morgan fingerprint density at radius 3 is 2.67 bits per heavy atom. The minimum atomic E-state index is 0.110. The first-order valence-corrected chi connectivity index (χ1v) is 9.24. The Labute approximate surface area is 148 Å². The van der Waals surface area contributed by atoms with Gasteiger partial charge in [0.2, 0.25) is 5.91 Å². The van der Waals surface area contributed by atoms with Gasteiger partial charge in [0.1, 0.15) is 16.8 Å². The summed E-state index contributed by atoms with van der Waals surface area (Å²) < 4.78 is 0. The van der Waals surface area contributed by atoms with Gasteiger partial charge in [-0.15, -0.1) is 0 Å². The Bertz CT molecular complexity index is 584. The van der Waals surface area contributed by atoms with E-state index in [1.165, 1.54) is 12.8 Å². The van der Waals surface area contributed by atoms with E-state index in [9.17, 15) is 4.79 Å². The second-order valence-electron chi connectivity index (χ2n) is 6.82. The normalized spacial score (nSPS) is 20.0. The van der Waals surface area contributed by atoms with Crippen molar-refractivity contribution in [2.45, 2.75) is 45.1 Å². The zero-order valence-electron chi connectivity index (χ0n) is 14.5. The SMILES string of the molecule is CCC(C)NC(=O)CN1CCN(c2cc(Cl)nc(C3CC3)n2)CC1. The minimum absolute atomic E-state index is 0.110. The predicted molar refractivity (Wildman–Crippen MR) is 95.6 cm³/mol. The molecule has 0 aromatic carbocycles. The summed E-state index contributed by atoms with van der Waals surface area (Å²) in [6.45, 7) is 8.00. The number of anilines is 1. The third kappa shape index (κ3) is 4.57. The lowest BCUT2D eigenvalue weighted by molar-refractivity contribution is -0.122. The Kier molecular flexibility index (Phi) is 5.56. The van der Waals surface area contributed by atoms with E-state index < -0.39 is 0 Å². The molecule has 1 aliphatic heterocycles. The molecule has 1 atom stereocenters. The molecule has 2 fully saturated rings. The van der Waals surface area contributed by atoms with Crippen LogP contribution >= 0.6 is 11.6 Å². The van der Waals surface area contributed by atoms with Crippen LogP contribution in [0, 0.1) is 0 Å². The monoisotopic (exact) mass is 351 g/mol. The Hall–Kier alpha value is -1.40. The van der Waals surface area contributed by atoms with Crippen LogP contribution in [0.3, 0.4) is 0 Å². The average molecular weight is 352 g/mol. The molecule has 1 aliphatic carbocycles. The minimum Gasteiger partial charge on any atom is -0.354 e. The molecule has 1 amide bonds. The van der Waals surface area contributed by atoms with Crippen LogP contribution in [0.15, 0.2) is 6.07 Å². The topological polar surface area (TPSA) is 61.4 Å². The van der Waals surface area contributed by atoms with Gasteiger partial charge in [0.25, 0.3) is 0 Å². The molecule has 0 radical (unpaired) electrons. The molecule has 132 valence electrons. The summed E-state index contributed by atoms with van der Waals surface area (Å²) in [6.07, 6.45) is 3.29. The second-order valence-corrected chi connectivity index (χ2v) is 7.21. The number of hydrogen-bond donors (Lipinski definition) is 1. The number of carbonyl (C=O) groups excluding carboxylic acids is 1. The van der Waals surface area contributed by atoms with Crippen molar-refractivity contribution < 1.29 is 4.79 Å². The number of halogens is 1. The van der Waals surface area contributed by atoms with Gasteiger partial charge in [-0.1, -0.05) is 18.5 Å². The van der Waals surface area contributed by atoms with E-state index in [0.717, 1.165) is 44.2 Å². The van der Waals surface area contributed by atoms with E-state index in [1.54, 1.807) is 0 Å². The molecular weight excluding hydrogens is 326 g/mol. The van der Waals surface area contributed by atoms with Crippen LogP contribution < -0.4 is 10.2 Å². The fourth-order valence-electron chi connectivity index (χ4n) is 2.87. The first kappa shape index (κ1) is 17.4. The van der Waals surface area contributed by atoms with Crippen LogP contribution in [-0.2, 0) is 4.79 Å². The number of nitrogens with one attached hydrogen (secondary N) is 1. The van der Waals surface area contributed by atoms with Gasteiger partial charge in [-0.25, -0.2) is 9.97 Å². The molecule has 3 rings (SSSR count). The number of nitrogens with zero attached hydrogens (tertiary/aromatic N) is 4. The predicted octanol–water partition coefficient (Wildman–Crippen LogP) is 2.04. The molecule has 1 saturated heterocycles. The lowest BCUT2D eigenvalue weighted by Crippen LogP contribution is -2.50. The molecule has 2 aliphatic rings. The van der Waals surface area contributed by atoms with Crippen LogP contribution in [0.1, 0.15) is 44.9 Å². The molecule has 0 spiro atoms. The summed E-state index contributed by atoms with van der Waals surface area (Å²) in [6, 6.07) is 2.08. The smallest absolute Gasteiger partial charge is 0.234 e. The fourth-order valence-corrected chi connectivity index (χ4v) is 3.05. The maximum atomic E-state index is 12.0. The van der Waals surface area contributed by atoms with E-state index in [1.807, 2.05) is 13.0 Å². The van der Waals surface area contributed by atoms with Gasteiger partial charge in [0.15, 0.2) is 0 Å². The summed E-state index contributed by atoms with van der Waals surface area (Å²) in [7, 11) is 0. The first-order valence-electron chi connectivity index (χ1n) is 8.86. The van der Waals surface area contributed by atoms with Crippen molar-refractivity contribution in [3.63, 3.8) is 0 Å². The zero-order valence-corrected chi connectivity index (χ0v) is 15.2. The third-order valence-corrected chi connectivity index (χ3v) is 4.92. The van der Waals surface area contributed by atoms with Crippen molar-refractivity contribution in [1.82, 2.24) is 20.2 Å². The van der Waals surface area contributed by atoms with Gasteiger partial charge < -0.3 is 10.2 Å². The standard InChI is InChI=1S/C17H26ClN5O/c1-3-12(2)19-16(24)11-22-6-8-23(9-7-22)15-10-14(18)20-17(21-15)13-4-5-13/h10,12-13H,3-9,11H2,1-2H3,(H,19,24). The molecule has 2 heterocycles. The number of amides is 1. The number of aromatic nitrogens is 2. The molecule has 6 nitrogen and oxygen atoms in total. The van der Waals surface area contributed by atoms with E-state index in [4.69, 9.17) is 11.6 Å². The Morgan fingerprint density at radius 1 is 1.33 bits per heavy atom. The van der Waals surface area contributed by atoms with Crippen molar-refractivity contribution in [3.8, 4) is 0 Å². The van der Waals surface area contributed by atoms with Crippen molar-refractivity contribution in [3.05, 3.63) is 17.0 Å². The van der Waals surface area contributed by atoms with E-state index in [2.05, 4.69) is 32.0 Å². The van der Waals surface area contributed by atoms with Crippen molar-refractivity contribution in [2.24, 2.45) is 0 Å². The molecule has 1 N–H and O–H groups in total. The van der Waals surface area contributed by atoms with Crippen LogP contribution in [0.5, 0.6) is 0 Å². The maximum Gasteiger partial charge on any atom is 0.234 e. The summed E-state index contributed by atoms with van der Waals surface area (Å²) in [5, 5.41) is 3.55. The van der Waals surface area contributed by atoms with Crippen LogP contribution in [0.25, 0.3) is 0 Å². The first-order chi connectivity index (χ1) is 11.5. The number of carbonyl (C=O) groups is 1. The van der Waals surface area contributed by atoms with E-state index >= 15 is 0 Å². The van der Waals surface area contributed by atoms with Crippen LogP contribution in [0.4, 0.5) is 5.82 Å². The number of hydrogen-bond acceptors (Lipinski definition) is 5. The molecule has 1 saturated carbocycles. The van der Waals surface area contributed by atoms with Gasteiger partial charge in [0, 0.05) is 44.2 Å². The van der Waals surface area contributed by atoms with Gasteiger partial charge in [-0.05, 0) is 26.2 Å². The van der Waals surface area contributed by atoms with Gasteiger partial charge in [-0.3, -0.25) is 9.69 Å². The van der Waals surface area contributed by atoms with Crippen molar-refractivity contribution >= 4 is 23.3 Å². The molecular formula is C17H26ClN5O. The third-order valence-electron chi connectivity index (χ3n) is 4.72. The second kappa shape index (κ2) is 7.66. The van der Waals surface area contributed by atoms with Gasteiger partial charge in [-0.2, -0.15) is 0 Å². The average Bonchev–Trinajstić information content (AvgIpc) is 3.39.